The summed E-state index contributed by atoms with van der Waals surface area (Å²) in [7, 11) is 0. The van der Waals surface area contributed by atoms with Gasteiger partial charge in [0.1, 0.15) is 0 Å². The smallest absolute Gasteiger partial charge is 0.429 e. The van der Waals surface area contributed by atoms with Crippen molar-refractivity contribution in [3.8, 4) is 0 Å². The number of nitrogens with zero attached hydrogens (tertiary/aromatic N) is 2. The first-order chi connectivity index (χ1) is 12.1. The maximum absolute atomic E-state index is 12.4. The van der Waals surface area contributed by atoms with E-state index in [1.165, 1.54) is 10.0 Å². The van der Waals surface area contributed by atoms with Gasteiger partial charge in [0.15, 0.2) is 0 Å². The van der Waals surface area contributed by atoms with Gasteiger partial charge in [-0.15, -0.1) is 0 Å². The van der Waals surface area contributed by atoms with Gasteiger partial charge in [-0.2, -0.15) is 0 Å². The third-order valence-corrected chi connectivity index (χ3v) is 4.28. The molecular weight excluding hydrogens is 344 g/mol. The SMILES string of the molecule is CCOC(=O)N1[C@@H]2C=C[C@@H](C2=Cc2ccc(Cl)cc2)N1C(=O)OCC. The lowest BCUT2D eigenvalue weighted by Gasteiger charge is -2.32. The molecule has 0 saturated carbocycles. The fraction of sp³-hybridized carbons (Fsp3) is 0.333. The number of hydrogen-bond donors (Lipinski definition) is 0. The molecule has 1 aromatic rings. The van der Waals surface area contributed by atoms with Crippen molar-refractivity contribution in [1.82, 2.24) is 10.0 Å². The minimum atomic E-state index is -0.575. The fourth-order valence-electron chi connectivity index (χ4n) is 3.03. The van der Waals surface area contributed by atoms with E-state index in [2.05, 4.69) is 0 Å². The number of rotatable bonds is 3. The normalized spacial score (nSPS) is 22.6. The number of hydrazine groups is 1. The van der Waals surface area contributed by atoms with E-state index in [0.29, 0.717) is 5.02 Å². The van der Waals surface area contributed by atoms with Crippen molar-refractivity contribution in [2.75, 3.05) is 13.2 Å². The van der Waals surface area contributed by atoms with E-state index >= 15 is 0 Å². The van der Waals surface area contributed by atoms with Gasteiger partial charge < -0.3 is 9.47 Å². The standard InChI is InChI=1S/C18H19ClN2O4/c1-3-24-17(22)20-15-9-10-16(21(20)18(23)25-4-2)14(15)11-12-5-7-13(19)8-6-12/h5-11,15-16H,3-4H2,1-2H3/t15-,16+. The summed E-state index contributed by atoms with van der Waals surface area (Å²) >= 11 is 5.93. The molecule has 3 rings (SSSR count). The van der Waals surface area contributed by atoms with Crippen LogP contribution in [0.5, 0.6) is 0 Å². The van der Waals surface area contributed by atoms with E-state index < -0.39 is 12.2 Å². The van der Waals surface area contributed by atoms with Crippen molar-refractivity contribution in [3.05, 3.63) is 52.6 Å². The Labute approximate surface area is 151 Å². The summed E-state index contributed by atoms with van der Waals surface area (Å²) in [4.78, 5) is 24.7. The van der Waals surface area contributed by atoms with E-state index in [-0.39, 0.29) is 25.3 Å². The van der Waals surface area contributed by atoms with Crippen LogP contribution in [0.4, 0.5) is 9.59 Å². The van der Waals surface area contributed by atoms with Gasteiger partial charge in [0, 0.05) is 5.02 Å². The maximum Gasteiger partial charge on any atom is 0.429 e. The minimum absolute atomic E-state index is 0.226. The third kappa shape index (κ3) is 3.22. The molecule has 0 spiro atoms. The Morgan fingerprint density at radius 3 is 1.92 bits per heavy atom. The van der Waals surface area contributed by atoms with Gasteiger partial charge in [0.2, 0.25) is 0 Å². The highest BCUT2D eigenvalue weighted by Crippen LogP contribution is 2.39. The van der Waals surface area contributed by atoms with Gasteiger partial charge in [-0.05, 0) is 37.1 Å². The van der Waals surface area contributed by atoms with Crippen LogP contribution in [0.25, 0.3) is 6.08 Å². The van der Waals surface area contributed by atoms with Crippen LogP contribution in [0.15, 0.2) is 42.0 Å². The molecule has 2 amide bonds. The Morgan fingerprint density at radius 1 is 1.00 bits per heavy atom. The number of amides is 2. The summed E-state index contributed by atoms with van der Waals surface area (Å²) in [6.07, 6.45) is 4.58. The molecule has 1 aliphatic heterocycles. The van der Waals surface area contributed by atoms with E-state index in [1.807, 2.05) is 30.4 Å². The van der Waals surface area contributed by atoms with E-state index in [9.17, 15) is 9.59 Å². The van der Waals surface area contributed by atoms with Crippen LogP contribution in [-0.4, -0.2) is 47.5 Å². The van der Waals surface area contributed by atoms with Crippen molar-refractivity contribution in [3.63, 3.8) is 0 Å². The largest absolute Gasteiger partial charge is 0.448 e. The highest BCUT2D eigenvalue weighted by Gasteiger charge is 2.51. The molecule has 132 valence electrons. The lowest BCUT2D eigenvalue weighted by atomic mass is 10.0. The molecule has 2 aliphatic rings. The van der Waals surface area contributed by atoms with Crippen LogP contribution in [0, 0.1) is 0 Å². The first kappa shape index (κ1) is 17.4. The molecule has 2 bridgehead atoms. The first-order valence-electron chi connectivity index (χ1n) is 8.14. The number of hydrogen-bond acceptors (Lipinski definition) is 4. The van der Waals surface area contributed by atoms with Crippen molar-refractivity contribution >= 4 is 29.9 Å². The maximum atomic E-state index is 12.4. The Hall–Kier alpha value is -2.47. The van der Waals surface area contributed by atoms with Crippen molar-refractivity contribution in [2.24, 2.45) is 0 Å². The molecule has 25 heavy (non-hydrogen) atoms. The highest BCUT2D eigenvalue weighted by molar-refractivity contribution is 6.30. The van der Waals surface area contributed by atoms with E-state index in [0.717, 1.165) is 11.1 Å². The molecule has 7 heteroatoms. The summed E-state index contributed by atoms with van der Waals surface area (Å²) in [5.41, 5.74) is 1.84. The van der Waals surface area contributed by atoms with Crippen LogP contribution in [0.3, 0.4) is 0 Å². The van der Waals surface area contributed by atoms with Gasteiger partial charge >= 0.3 is 12.2 Å². The summed E-state index contributed by atoms with van der Waals surface area (Å²) in [5.74, 6) is 0. The molecule has 0 aromatic heterocycles. The molecule has 0 radical (unpaired) electrons. The Morgan fingerprint density at radius 2 is 1.48 bits per heavy atom. The van der Waals surface area contributed by atoms with Gasteiger partial charge in [-0.25, -0.2) is 19.6 Å². The number of carbonyl (C=O) groups is 2. The zero-order chi connectivity index (χ0) is 18.0. The highest BCUT2D eigenvalue weighted by atomic mass is 35.5. The van der Waals surface area contributed by atoms with Crippen LogP contribution < -0.4 is 0 Å². The number of halogens is 1. The molecule has 1 fully saturated rings. The lowest BCUT2D eigenvalue weighted by Crippen LogP contribution is -2.52. The minimum Gasteiger partial charge on any atom is -0.448 e. The quantitative estimate of drug-likeness (QED) is 0.766. The molecular formula is C18H19ClN2O4. The average molecular weight is 363 g/mol. The predicted octanol–water partition coefficient (Wildman–Crippen LogP) is 3.88. The summed E-state index contributed by atoms with van der Waals surface area (Å²) in [5, 5.41) is 3.28. The summed E-state index contributed by atoms with van der Waals surface area (Å²) in [6.45, 7) is 3.90. The second-order valence-electron chi connectivity index (χ2n) is 5.56. The topological polar surface area (TPSA) is 59.1 Å². The number of fused-ring (bicyclic) bond motifs is 2. The Kier molecular flexibility index (Phi) is 4.99. The third-order valence-electron chi connectivity index (χ3n) is 4.03. The second-order valence-corrected chi connectivity index (χ2v) is 5.99. The zero-order valence-electron chi connectivity index (χ0n) is 14.0. The van der Waals surface area contributed by atoms with Gasteiger partial charge in [0.25, 0.3) is 0 Å². The van der Waals surface area contributed by atoms with Crippen LogP contribution in [0.2, 0.25) is 5.02 Å². The molecule has 2 atom stereocenters. The molecule has 1 saturated heterocycles. The second kappa shape index (κ2) is 7.19. The lowest BCUT2D eigenvalue weighted by molar-refractivity contribution is -0.0130. The molecule has 0 N–H and O–H groups in total. The summed E-state index contributed by atoms with van der Waals surface area (Å²) in [6, 6.07) is 6.62. The zero-order valence-corrected chi connectivity index (χ0v) is 14.8. The fourth-order valence-corrected chi connectivity index (χ4v) is 3.15. The van der Waals surface area contributed by atoms with Crippen molar-refractivity contribution in [2.45, 2.75) is 25.9 Å². The molecule has 0 unspecified atom stereocenters. The monoisotopic (exact) mass is 362 g/mol. The van der Waals surface area contributed by atoms with Crippen LogP contribution >= 0.6 is 11.6 Å². The van der Waals surface area contributed by atoms with Crippen LogP contribution in [-0.2, 0) is 9.47 Å². The predicted molar refractivity (Wildman–Crippen MR) is 93.9 cm³/mol. The van der Waals surface area contributed by atoms with Crippen LogP contribution in [0.1, 0.15) is 19.4 Å². The van der Waals surface area contributed by atoms with Gasteiger partial charge in [-0.3, -0.25) is 0 Å². The Balaban J connectivity index is 1.96. The number of ether oxygens (including phenoxy) is 2. The molecule has 1 aliphatic carbocycles. The van der Waals surface area contributed by atoms with Crippen molar-refractivity contribution < 1.29 is 19.1 Å². The molecule has 6 nitrogen and oxygen atoms in total. The van der Waals surface area contributed by atoms with Gasteiger partial charge in [0.05, 0.1) is 25.3 Å². The molecule has 1 aromatic carbocycles. The van der Waals surface area contributed by atoms with E-state index in [4.69, 9.17) is 21.1 Å². The Bertz CT molecular complexity index is 693. The van der Waals surface area contributed by atoms with Gasteiger partial charge in [-0.1, -0.05) is 42.0 Å². The number of benzene rings is 1. The van der Waals surface area contributed by atoms with Crippen molar-refractivity contribution in [1.29, 1.82) is 0 Å². The number of carbonyl (C=O) groups excluding carboxylic acids is 2. The molecule has 1 heterocycles. The average Bonchev–Trinajstić information content (AvgIpc) is 3.12. The summed E-state index contributed by atoms with van der Waals surface area (Å²) < 4.78 is 10.2. The van der Waals surface area contributed by atoms with E-state index in [1.54, 1.807) is 26.0 Å². The first-order valence-corrected chi connectivity index (χ1v) is 8.51.